The quantitative estimate of drug-likeness (QED) is 0.848. The van der Waals surface area contributed by atoms with Gasteiger partial charge in [0.2, 0.25) is 0 Å². The normalized spacial score (nSPS) is 14.2. The van der Waals surface area contributed by atoms with Crippen molar-refractivity contribution in [3.8, 4) is 0 Å². The summed E-state index contributed by atoms with van der Waals surface area (Å²) in [5, 5.41) is 6.65. The van der Waals surface area contributed by atoms with Crippen LogP contribution in [0.25, 0.3) is 0 Å². The smallest absolute Gasteiger partial charge is 0.320 e. The Morgan fingerprint density at radius 3 is 2.72 bits per heavy atom. The number of halogens is 3. The number of fused-ring (bicyclic) bond motifs is 1. The summed E-state index contributed by atoms with van der Waals surface area (Å²) < 4.78 is 38.7. The molecule has 0 atom stereocenters. The molecule has 132 valence electrons. The number of hydrogen-bond donors (Lipinski definition) is 1. The van der Waals surface area contributed by atoms with Crippen molar-refractivity contribution in [3.63, 3.8) is 0 Å². The minimum absolute atomic E-state index is 0.158. The van der Waals surface area contributed by atoms with Crippen molar-refractivity contribution in [2.45, 2.75) is 19.1 Å². The number of nitrogens with one attached hydrogen (secondary N) is 1. The summed E-state index contributed by atoms with van der Waals surface area (Å²) in [6.07, 6.45) is -3.09. The number of aromatic nitrogens is 3. The van der Waals surface area contributed by atoms with Crippen LogP contribution in [0.4, 0.5) is 23.7 Å². The van der Waals surface area contributed by atoms with Gasteiger partial charge < -0.3 is 10.2 Å². The van der Waals surface area contributed by atoms with Gasteiger partial charge in [-0.3, -0.25) is 4.79 Å². The number of amides is 2. The van der Waals surface area contributed by atoms with E-state index < -0.39 is 17.9 Å². The Kier molecular flexibility index (Phi) is 4.19. The van der Waals surface area contributed by atoms with Crippen LogP contribution in [0.2, 0.25) is 0 Å². The van der Waals surface area contributed by atoms with Crippen LogP contribution in [0.3, 0.4) is 0 Å². The van der Waals surface area contributed by atoms with E-state index in [0.29, 0.717) is 18.5 Å². The topological polar surface area (TPSA) is 80.1 Å². The Bertz CT molecular complexity index is 861. The number of carbonyl (C=O) groups is 1. The van der Waals surface area contributed by atoms with Gasteiger partial charge in [-0.15, -0.1) is 0 Å². The summed E-state index contributed by atoms with van der Waals surface area (Å²) in [4.78, 5) is 28.7. The molecule has 0 saturated carbocycles. The summed E-state index contributed by atoms with van der Waals surface area (Å²) in [6, 6.07) is 2.90. The fraction of sp³-hybridized carbons (Fsp3) is 0.333. The second kappa shape index (κ2) is 6.19. The van der Waals surface area contributed by atoms with Crippen molar-refractivity contribution in [1.29, 1.82) is 0 Å². The maximum atomic E-state index is 12.5. The highest BCUT2D eigenvalue weighted by Crippen LogP contribution is 2.27. The minimum atomic E-state index is -4.53. The second-order valence-electron chi connectivity index (χ2n) is 5.61. The van der Waals surface area contributed by atoms with Gasteiger partial charge in [0.05, 0.1) is 17.6 Å². The molecule has 2 aromatic heterocycles. The van der Waals surface area contributed by atoms with E-state index in [1.807, 2.05) is 0 Å². The largest absolute Gasteiger partial charge is 0.433 e. The zero-order valence-corrected chi connectivity index (χ0v) is 13.2. The summed E-state index contributed by atoms with van der Waals surface area (Å²) in [6.45, 7) is 0.594. The maximum Gasteiger partial charge on any atom is 0.433 e. The van der Waals surface area contributed by atoms with Gasteiger partial charge in [0, 0.05) is 38.2 Å². The molecule has 1 aliphatic heterocycles. The molecular weight excluding hydrogens is 339 g/mol. The van der Waals surface area contributed by atoms with Gasteiger partial charge in [0.25, 0.3) is 5.56 Å². The van der Waals surface area contributed by atoms with E-state index in [1.54, 1.807) is 7.05 Å². The van der Waals surface area contributed by atoms with E-state index in [4.69, 9.17) is 0 Å². The average Bonchev–Trinajstić information content (AvgIpc) is 2.55. The summed E-state index contributed by atoms with van der Waals surface area (Å²) in [5.41, 5.74) is 0.274. The molecule has 1 N–H and O–H groups in total. The van der Waals surface area contributed by atoms with E-state index in [2.05, 4.69) is 15.4 Å². The fourth-order valence-electron chi connectivity index (χ4n) is 2.50. The predicted molar refractivity (Wildman–Crippen MR) is 81.8 cm³/mol. The van der Waals surface area contributed by atoms with Crippen molar-refractivity contribution < 1.29 is 18.0 Å². The van der Waals surface area contributed by atoms with Gasteiger partial charge in [0.1, 0.15) is 5.69 Å². The van der Waals surface area contributed by atoms with Gasteiger partial charge in [-0.05, 0) is 12.1 Å². The van der Waals surface area contributed by atoms with Crippen LogP contribution >= 0.6 is 0 Å². The molecule has 3 heterocycles. The molecule has 0 aliphatic carbocycles. The summed E-state index contributed by atoms with van der Waals surface area (Å²) in [7, 11) is 1.55. The monoisotopic (exact) mass is 353 g/mol. The number of hydrogen-bond acceptors (Lipinski definition) is 4. The lowest BCUT2D eigenvalue weighted by Crippen LogP contribution is -2.40. The highest BCUT2D eigenvalue weighted by molar-refractivity contribution is 5.89. The molecule has 0 unspecified atom stereocenters. The minimum Gasteiger partial charge on any atom is -0.320 e. The molecule has 2 aromatic rings. The molecule has 0 fully saturated rings. The lowest BCUT2D eigenvalue weighted by atomic mass is 10.1. The first-order valence-corrected chi connectivity index (χ1v) is 7.39. The van der Waals surface area contributed by atoms with Gasteiger partial charge in [0.15, 0.2) is 0 Å². The van der Waals surface area contributed by atoms with Crippen molar-refractivity contribution in [2.24, 2.45) is 7.05 Å². The Labute approximate surface area is 140 Å². The van der Waals surface area contributed by atoms with Crippen molar-refractivity contribution >= 4 is 11.7 Å². The van der Waals surface area contributed by atoms with Crippen LogP contribution in [-0.4, -0.2) is 32.2 Å². The molecule has 0 spiro atoms. The molecule has 2 amide bonds. The third kappa shape index (κ3) is 3.62. The predicted octanol–water partition coefficient (Wildman–Crippen LogP) is 1.78. The Hall–Kier alpha value is -2.91. The van der Waals surface area contributed by atoms with Gasteiger partial charge >= 0.3 is 12.2 Å². The number of rotatable bonds is 1. The van der Waals surface area contributed by atoms with Gasteiger partial charge in [-0.1, -0.05) is 0 Å². The van der Waals surface area contributed by atoms with Crippen molar-refractivity contribution in [1.82, 2.24) is 19.7 Å². The highest BCUT2D eigenvalue weighted by Gasteiger charge is 2.32. The maximum absolute atomic E-state index is 12.5. The fourth-order valence-corrected chi connectivity index (χ4v) is 2.50. The first kappa shape index (κ1) is 16.9. The van der Waals surface area contributed by atoms with Gasteiger partial charge in [-0.25, -0.2) is 14.5 Å². The molecule has 10 heteroatoms. The molecule has 1 aliphatic rings. The Balaban J connectivity index is 1.70. The Morgan fingerprint density at radius 1 is 1.32 bits per heavy atom. The van der Waals surface area contributed by atoms with E-state index in [9.17, 15) is 22.8 Å². The van der Waals surface area contributed by atoms with Crippen LogP contribution in [0.5, 0.6) is 0 Å². The molecule has 0 bridgehead atoms. The first-order chi connectivity index (χ1) is 11.7. The number of aryl methyl sites for hydroxylation is 1. The van der Waals surface area contributed by atoms with E-state index in [0.717, 1.165) is 24.0 Å². The van der Waals surface area contributed by atoms with E-state index in [1.165, 1.54) is 15.6 Å². The third-order valence-electron chi connectivity index (χ3n) is 3.83. The van der Waals surface area contributed by atoms with Crippen molar-refractivity contribution in [3.05, 3.63) is 51.7 Å². The number of pyridine rings is 1. The molecular formula is C15H14F3N5O2. The SMILES string of the molecule is Cn1nc2c(cc1=O)CN(C(=O)Nc1ccc(C(F)(F)F)nc1)CC2. The molecule has 0 radical (unpaired) electrons. The van der Waals surface area contributed by atoms with Crippen LogP contribution in [0.15, 0.2) is 29.2 Å². The van der Waals surface area contributed by atoms with Crippen molar-refractivity contribution in [2.75, 3.05) is 11.9 Å². The zero-order valence-electron chi connectivity index (χ0n) is 13.2. The summed E-state index contributed by atoms with van der Waals surface area (Å²) >= 11 is 0. The molecule has 0 saturated heterocycles. The number of nitrogens with zero attached hydrogens (tertiary/aromatic N) is 4. The zero-order chi connectivity index (χ0) is 18.2. The standard InChI is InChI=1S/C15H14F3N5O2/c1-22-13(24)6-9-8-23(5-4-11(9)21-22)14(25)20-10-2-3-12(19-7-10)15(16,17)18/h2-3,6-7H,4-5,8H2,1H3,(H,20,25). The third-order valence-corrected chi connectivity index (χ3v) is 3.83. The lowest BCUT2D eigenvalue weighted by molar-refractivity contribution is -0.141. The summed E-state index contributed by atoms with van der Waals surface area (Å²) in [5.74, 6) is 0. The van der Waals surface area contributed by atoms with E-state index >= 15 is 0 Å². The number of urea groups is 1. The molecule has 0 aromatic carbocycles. The molecule has 25 heavy (non-hydrogen) atoms. The van der Waals surface area contributed by atoms with Crippen LogP contribution in [0.1, 0.15) is 17.0 Å². The number of anilines is 1. The second-order valence-corrected chi connectivity index (χ2v) is 5.61. The van der Waals surface area contributed by atoms with Crippen LogP contribution in [0, 0.1) is 0 Å². The Morgan fingerprint density at radius 2 is 2.08 bits per heavy atom. The number of carbonyl (C=O) groups excluding carboxylic acids is 1. The van der Waals surface area contributed by atoms with Crippen LogP contribution < -0.4 is 10.9 Å². The average molecular weight is 353 g/mol. The van der Waals surface area contributed by atoms with Gasteiger partial charge in [-0.2, -0.15) is 18.3 Å². The van der Waals surface area contributed by atoms with E-state index in [-0.39, 0.29) is 17.8 Å². The van der Waals surface area contributed by atoms with Crippen LogP contribution in [-0.2, 0) is 26.2 Å². The molecule has 7 nitrogen and oxygen atoms in total. The lowest BCUT2D eigenvalue weighted by Gasteiger charge is -2.28. The number of alkyl halides is 3. The molecule has 3 rings (SSSR count). The highest BCUT2D eigenvalue weighted by atomic mass is 19.4. The first-order valence-electron chi connectivity index (χ1n) is 7.39.